The lowest BCUT2D eigenvalue weighted by molar-refractivity contribution is -0.136. The van der Waals surface area contributed by atoms with E-state index >= 15 is 0 Å². The summed E-state index contributed by atoms with van der Waals surface area (Å²) in [6.45, 7) is 11.9. The predicted octanol–water partition coefficient (Wildman–Crippen LogP) is 7.18. The zero-order chi connectivity index (χ0) is 30.9. The van der Waals surface area contributed by atoms with Crippen LogP contribution in [0.2, 0.25) is 0 Å². The molecule has 0 aliphatic heterocycles. The average molecular weight is 597 g/mol. The Hall–Kier alpha value is -4.49. The number of likely N-dealkylation sites (N-methyl/N-ethyl adjacent to an activating group) is 1. The zero-order valence-corrected chi connectivity index (χ0v) is 25.6. The molecule has 1 aliphatic carbocycles. The fourth-order valence-corrected chi connectivity index (χ4v) is 5.06. The molecule has 0 saturated carbocycles. The fraction of sp³-hybridized carbons (Fsp3) is 0.257. The van der Waals surface area contributed by atoms with Crippen molar-refractivity contribution in [1.82, 2.24) is 20.2 Å². The van der Waals surface area contributed by atoms with Gasteiger partial charge in [0.1, 0.15) is 0 Å². The van der Waals surface area contributed by atoms with Gasteiger partial charge in [0.15, 0.2) is 0 Å². The quantitative estimate of drug-likeness (QED) is 0.215. The third-order valence-corrected chi connectivity index (χ3v) is 7.65. The Morgan fingerprint density at radius 2 is 1.95 bits per heavy atom. The maximum Gasteiger partial charge on any atom is 0.307 e. The molecule has 0 radical (unpaired) electrons. The highest BCUT2D eigenvalue weighted by atomic mass is 35.5. The van der Waals surface area contributed by atoms with Crippen LogP contribution in [0.3, 0.4) is 0 Å². The number of hydrogen-bond acceptors (Lipinski definition) is 5. The van der Waals surface area contributed by atoms with Crippen molar-refractivity contribution in [2.75, 3.05) is 19.6 Å². The van der Waals surface area contributed by atoms with E-state index < -0.39 is 5.97 Å². The number of fused-ring (bicyclic) bond motifs is 1. The van der Waals surface area contributed by atoms with E-state index in [4.69, 9.17) is 21.6 Å². The molecule has 1 aliphatic rings. The van der Waals surface area contributed by atoms with Crippen LogP contribution >= 0.6 is 11.6 Å². The number of amides is 1. The maximum atomic E-state index is 13.1. The Bertz CT molecular complexity index is 1650. The topological polar surface area (TPSA) is 95.4 Å². The Kier molecular flexibility index (Phi) is 10.7. The largest absolute Gasteiger partial charge is 0.481 e. The summed E-state index contributed by atoms with van der Waals surface area (Å²) in [6, 6.07) is 12.7. The second-order valence-electron chi connectivity index (χ2n) is 10.5. The molecule has 0 fully saturated rings. The van der Waals surface area contributed by atoms with Gasteiger partial charge < -0.3 is 15.3 Å². The second kappa shape index (κ2) is 14.6. The van der Waals surface area contributed by atoms with Crippen LogP contribution < -0.4 is 5.32 Å². The first-order chi connectivity index (χ1) is 20.7. The predicted molar refractivity (Wildman–Crippen MR) is 174 cm³/mol. The van der Waals surface area contributed by atoms with Crippen LogP contribution in [0.25, 0.3) is 22.3 Å². The van der Waals surface area contributed by atoms with Crippen molar-refractivity contribution < 1.29 is 14.7 Å². The molecule has 0 spiro atoms. The van der Waals surface area contributed by atoms with E-state index in [0.29, 0.717) is 52.4 Å². The summed E-state index contributed by atoms with van der Waals surface area (Å²) in [7, 11) is 0. The zero-order valence-electron chi connectivity index (χ0n) is 24.8. The molecular weight excluding hydrogens is 560 g/mol. The van der Waals surface area contributed by atoms with E-state index in [1.807, 2.05) is 61.6 Å². The Morgan fingerprint density at radius 3 is 2.65 bits per heavy atom. The molecule has 1 aromatic heterocycles. The maximum absolute atomic E-state index is 13.1. The van der Waals surface area contributed by atoms with Gasteiger partial charge in [-0.2, -0.15) is 0 Å². The number of allylic oxidation sites excluding steroid dienone is 9. The van der Waals surface area contributed by atoms with E-state index in [2.05, 4.69) is 36.7 Å². The normalized spacial score (nSPS) is 15.3. The van der Waals surface area contributed by atoms with Gasteiger partial charge in [-0.3, -0.25) is 9.59 Å². The van der Waals surface area contributed by atoms with Gasteiger partial charge in [-0.25, -0.2) is 9.97 Å². The van der Waals surface area contributed by atoms with Crippen LogP contribution in [0.15, 0.2) is 102 Å². The number of carboxylic acid groups (broad SMARTS) is 1. The van der Waals surface area contributed by atoms with Gasteiger partial charge in [0.05, 0.1) is 28.8 Å². The molecule has 1 amide bonds. The molecule has 2 N–H and O–H groups in total. The number of carbonyl (C=O) groups is 2. The van der Waals surface area contributed by atoms with E-state index in [1.165, 1.54) is 0 Å². The van der Waals surface area contributed by atoms with Crippen molar-refractivity contribution >= 4 is 34.5 Å². The molecule has 1 atom stereocenters. The molecule has 0 bridgehead atoms. The number of rotatable bonds is 12. The average Bonchev–Trinajstić information content (AvgIpc) is 3.01. The standard InChI is InChI=1S/C35H37ClN4O3/c1-5-23(3)10-11-24(4)40(6-2)19-18-37-35(43)28-14-17-30-31(22-28)39-34(27-9-7-8-25(20-27)21-32(41)42)33(38-30)26-12-15-29(36)16-13-26/h5,7-12,14-17,20,22,26H,1,6,13,18-19,21H2,2-4H3,(H,37,43)(H,41,42)/b23-10-,24-11+. The van der Waals surface area contributed by atoms with E-state index in [1.54, 1.807) is 18.2 Å². The first-order valence-corrected chi connectivity index (χ1v) is 14.7. The number of carboxylic acids is 1. The van der Waals surface area contributed by atoms with E-state index in [9.17, 15) is 14.7 Å². The Labute approximate surface area is 258 Å². The molecule has 2 aromatic carbocycles. The second-order valence-corrected chi connectivity index (χ2v) is 10.9. The smallest absolute Gasteiger partial charge is 0.307 e. The van der Waals surface area contributed by atoms with Crippen molar-refractivity contribution in [3.63, 3.8) is 0 Å². The van der Waals surface area contributed by atoms with Gasteiger partial charge in [0.25, 0.3) is 5.91 Å². The third kappa shape index (κ3) is 8.30. The van der Waals surface area contributed by atoms with E-state index in [-0.39, 0.29) is 18.2 Å². The minimum absolute atomic E-state index is 0.0456. The number of carbonyl (C=O) groups excluding carboxylic acids is 1. The summed E-state index contributed by atoms with van der Waals surface area (Å²) in [5.41, 5.74) is 6.82. The lowest BCUT2D eigenvalue weighted by atomic mass is 9.92. The summed E-state index contributed by atoms with van der Waals surface area (Å²) in [5, 5.41) is 13.0. The van der Waals surface area contributed by atoms with Crippen LogP contribution in [0.5, 0.6) is 0 Å². The van der Waals surface area contributed by atoms with Crippen LogP contribution in [0.4, 0.5) is 0 Å². The summed E-state index contributed by atoms with van der Waals surface area (Å²) >= 11 is 6.18. The highest BCUT2D eigenvalue weighted by Crippen LogP contribution is 2.34. The van der Waals surface area contributed by atoms with Gasteiger partial charge in [0, 0.05) is 47.4 Å². The molecule has 4 rings (SSSR count). The lowest BCUT2D eigenvalue weighted by Crippen LogP contribution is -2.34. The van der Waals surface area contributed by atoms with Gasteiger partial charge in [0.2, 0.25) is 0 Å². The Morgan fingerprint density at radius 1 is 1.14 bits per heavy atom. The number of halogens is 1. The third-order valence-electron chi connectivity index (χ3n) is 7.37. The number of nitrogens with zero attached hydrogens (tertiary/aromatic N) is 3. The molecule has 43 heavy (non-hydrogen) atoms. The number of aromatic nitrogens is 2. The molecule has 8 heteroatoms. The minimum Gasteiger partial charge on any atom is -0.481 e. The molecule has 1 heterocycles. The molecule has 7 nitrogen and oxygen atoms in total. The van der Waals surface area contributed by atoms with Gasteiger partial charge in [-0.05, 0) is 69.2 Å². The lowest BCUT2D eigenvalue weighted by Gasteiger charge is -2.23. The monoisotopic (exact) mass is 596 g/mol. The van der Waals surface area contributed by atoms with Crippen molar-refractivity contribution in [2.24, 2.45) is 0 Å². The SMILES string of the molecule is C=C/C(C)=C\C=C(/C)N(CC)CCNC(=O)c1ccc2nc(C3C=CC(Cl)=CC3)c(-c3cccc(CC(=O)O)c3)nc2c1. The van der Waals surface area contributed by atoms with Crippen LogP contribution in [0.1, 0.15) is 54.7 Å². The molecule has 3 aromatic rings. The van der Waals surface area contributed by atoms with Gasteiger partial charge in [-0.15, -0.1) is 0 Å². The summed E-state index contributed by atoms with van der Waals surface area (Å²) < 4.78 is 0. The minimum atomic E-state index is -0.902. The first-order valence-electron chi connectivity index (χ1n) is 14.4. The van der Waals surface area contributed by atoms with Crippen LogP contribution in [-0.4, -0.2) is 51.5 Å². The van der Waals surface area contributed by atoms with Gasteiger partial charge in [-0.1, -0.05) is 66.3 Å². The number of aliphatic carboxylic acids is 1. The highest BCUT2D eigenvalue weighted by Gasteiger charge is 2.21. The Balaban J connectivity index is 1.60. The van der Waals surface area contributed by atoms with Crippen molar-refractivity contribution in [3.8, 4) is 11.3 Å². The van der Waals surface area contributed by atoms with E-state index in [0.717, 1.165) is 29.1 Å². The number of benzene rings is 2. The first kappa shape index (κ1) is 31.4. The molecule has 1 unspecified atom stereocenters. The number of hydrogen-bond donors (Lipinski definition) is 2. The summed E-state index contributed by atoms with van der Waals surface area (Å²) in [5.74, 6) is -1.14. The number of nitrogens with one attached hydrogen (secondary N) is 1. The van der Waals surface area contributed by atoms with Gasteiger partial charge >= 0.3 is 5.97 Å². The summed E-state index contributed by atoms with van der Waals surface area (Å²) in [4.78, 5) is 36.7. The fourth-order valence-electron chi connectivity index (χ4n) is 4.90. The molecular formula is C35H37ClN4O3. The molecule has 0 saturated heterocycles. The molecule has 222 valence electrons. The van der Waals surface area contributed by atoms with Crippen LogP contribution in [-0.2, 0) is 11.2 Å². The van der Waals surface area contributed by atoms with Crippen molar-refractivity contribution in [2.45, 2.75) is 39.5 Å². The summed E-state index contributed by atoms with van der Waals surface area (Å²) in [6.07, 6.45) is 12.3. The highest BCUT2D eigenvalue weighted by molar-refractivity contribution is 6.31. The van der Waals surface area contributed by atoms with Crippen LogP contribution in [0, 0.1) is 0 Å². The van der Waals surface area contributed by atoms with Crippen molar-refractivity contribution in [3.05, 3.63) is 119 Å². The van der Waals surface area contributed by atoms with Crippen molar-refractivity contribution in [1.29, 1.82) is 0 Å².